The summed E-state index contributed by atoms with van der Waals surface area (Å²) in [4.78, 5) is 0. The number of rotatable bonds is 8. The van der Waals surface area contributed by atoms with E-state index in [0.717, 1.165) is 77.9 Å². The second-order valence-electron chi connectivity index (χ2n) is 13.2. The minimum Gasteiger partial charge on any atom is -0.381 e. The van der Waals surface area contributed by atoms with E-state index in [2.05, 4.69) is 170 Å². The van der Waals surface area contributed by atoms with E-state index in [-0.39, 0.29) is 0 Å². The fraction of sp³-hybridized carbons (Fsp3) is 0.0400. The number of hydrogen-bond acceptors (Lipinski definition) is 1. The van der Waals surface area contributed by atoms with Gasteiger partial charge < -0.3 is 5.11 Å². The van der Waals surface area contributed by atoms with Gasteiger partial charge in [0.05, 0.1) is 0 Å². The molecule has 0 heterocycles. The second-order valence-corrected chi connectivity index (χ2v) is 13.2. The summed E-state index contributed by atoms with van der Waals surface area (Å²) in [6.45, 7) is 1.99. The summed E-state index contributed by atoms with van der Waals surface area (Å²) in [6, 6.07) is 72.0. The maximum atomic E-state index is 13.7. The first-order valence-electron chi connectivity index (χ1n) is 17.5. The molecular formula is C50H38O. The quantitative estimate of drug-likeness (QED) is 0.173. The maximum Gasteiger partial charge on any atom is 0.114 e. The maximum absolute atomic E-state index is 13.7. The van der Waals surface area contributed by atoms with Crippen LogP contribution >= 0.6 is 0 Å². The van der Waals surface area contributed by atoms with Crippen molar-refractivity contribution in [3.63, 3.8) is 0 Å². The molecule has 0 radical (unpaired) electrons. The molecule has 0 saturated heterocycles. The van der Waals surface area contributed by atoms with Gasteiger partial charge in [-0.05, 0) is 98.0 Å². The highest BCUT2D eigenvalue weighted by Gasteiger charge is 2.37. The molecule has 0 bridgehead atoms. The summed E-state index contributed by atoms with van der Waals surface area (Å²) in [5.74, 6) is 0. The van der Waals surface area contributed by atoms with Crippen LogP contribution in [-0.4, -0.2) is 5.11 Å². The highest BCUT2D eigenvalue weighted by Crippen LogP contribution is 2.50. The Morgan fingerprint density at radius 2 is 0.471 bits per heavy atom. The largest absolute Gasteiger partial charge is 0.381 e. The average molecular weight is 655 g/mol. The van der Waals surface area contributed by atoms with E-state index in [1.165, 1.54) is 0 Å². The molecule has 51 heavy (non-hydrogen) atoms. The van der Waals surface area contributed by atoms with Crippen molar-refractivity contribution in [2.75, 3.05) is 0 Å². The summed E-state index contributed by atoms with van der Waals surface area (Å²) in [6.07, 6.45) is 0. The van der Waals surface area contributed by atoms with Gasteiger partial charge in [0.2, 0.25) is 0 Å². The van der Waals surface area contributed by atoms with Crippen LogP contribution in [0.5, 0.6) is 0 Å². The molecule has 0 aliphatic rings. The lowest BCUT2D eigenvalue weighted by Gasteiger charge is -2.35. The molecule has 0 aromatic heterocycles. The van der Waals surface area contributed by atoms with Crippen molar-refractivity contribution in [3.8, 4) is 66.8 Å². The summed E-state index contributed by atoms with van der Waals surface area (Å²) in [5.41, 5.74) is 12.9. The molecule has 8 rings (SSSR count). The Morgan fingerprint density at radius 3 is 0.686 bits per heavy atom. The monoisotopic (exact) mass is 654 g/mol. The third kappa shape index (κ3) is 6.32. The highest BCUT2D eigenvalue weighted by atomic mass is 16.3. The van der Waals surface area contributed by atoms with Gasteiger partial charge in [-0.2, -0.15) is 0 Å². The first-order valence-corrected chi connectivity index (χ1v) is 17.5. The van der Waals surface area contributed by atoms with E-state index < -0.39 is 5.60 Å². The predicted molar refractivity (Wildman–Crippen MR) is 214 cm³/mol. The number of aliphatic hydroxyl groups is 1. The Balaban J connectivity index is 1.52. The van der Waals surface area contributed by atoms with Gasteiger partial charge in [-0.15, -0.1) is 0 Å². The third-order valence-corrected chi connectivity index (χ3v) is 9.80. The molecule has 0 atom stereocenters. The molecule has 0 amide bonds. The topological polar surface area (TPSA) is 20.2 Å². The van der Waals surface area contributed by atoms with Gasteiger partial charge in [0, 0.05) is 11.1 Å². The van der Waals surface area contributed by atoms with E-state index in [0.29, 0.717) is 0 Å². The zero-order valence-electron chi connectivity index (χ0n) is 28.6. The number of hydrogen-bond donors (Lipinski definition) is 1. The van der Waals surface area contributed by atoms with Crippen LogP contribution in [0.15, 0.2) is 206 Å². The first-order chi connectivity index (χ1) is 25.1. The van der Waals surface area contributed by atoms with E-state index in [1.807, 2.05) is 43.3 Å². The van der Waals surface area contributed by atoms with Gasteiger partial charge in [-0.1, -0.05) is 182 Å². The predicted octanol–water partition coefficient (Wildman–Crippen LogP) is 12.9. The molecule has 0 spiro atoms. The minimum absolute atomic E-state index is 0.862. The molecule has 0 fully saturated rings. The van der Waals surface area contributed by atoms with E-state index in [4.69, 9.17) is 0 Å². The Hall–Kier alpha value is -6.28. The van der Waals surface area contributed by atoms with E-state index >= 15 is 0 Å². The van der Waals surface area contributed by atoms with Crippen molar-refractivity contribution in [1.82, 2.24) is 0 Å². The zero-order chi connectivity index (χ0) is 34.6. The van der Waals surface area contributed by atoms with E-state index in [9.17, 15) is 5.11 Å². The van der Waals surface area contributed by atoms with Crippen molar-refractivity contribution < 1.29 is 5.11 Å². The van der Waals surface area contributed by atoms with Crippen molar-refractivity contribution in [1.29, 1.82) is 0 Å². The minimum atomic E-state index is -1.46. The van der Waals surface area contributed by atoms with Crippen LogP contribution in [0.4, 0.5) is 0 Å². The lowest BCUT2D eigenvalue weighted by molar-refractivity contribution is 0.105. The van der Waals surface area contributed by atoms with Crippen LogP contribution in [0.25, 0.3) is 66.8 Å². The Labute approximate surface area is 300 Å². The molecular weight excluding hydrogens is 617 g/mol. The standard InChI is InChI=1S/C50H38O/c1-50(51,48-44(38-24-12-4-13-25-38)32-42(36-20-8-2-9-21-36)33-45(48)39-26-14-5-15-27-39)49-46(40-28-16-6-17-29-40)34-43(37-22-10-3-11-23-37)35-47(49)41-30-18-7-19-31-41/h2-35,51H,1H3. The molecule has 1 heteroatoms. The smallest absolute Gasteiger partial charge is 0.114 e. The molecule has 8 aromatic rings. The summed E-state index contributed by atoms with van der Waals surface area (Å²) in [7, 11) is 0. The van der Waals surface area contributed by atoms with Gasteiger partial charge in [0.25, 0.3) is 0 Å². The first kappa shape index (κ1) is 32.0. The van der Waals surface area contributed by atoms with Crippen LogP contribution in [0.2, 0.25) is 0 Å². The lowest BCUT2D eigenvalue weighted by Crippen LogP contribution is -2.27. The van der Waals surface area contributed by atoms with Gasteiger partial charge in [0.15, 0.2) is 0 Å². The summed E-state index contributed by atoms with van der Waals surface area (Å²) >= 11 is 0. The molecule has 8 aromatic carbocycles. The molecule has 0 unspecified atom stereocenters. The normalized spacial score (nSPS) is 11.3. The molecule has 244 valence electrons. The Bertz CT molecular complexity index is 2090. The molecule has 1 N–H and O–H groups in total. The van der Waals surface area contributed by atoms with Crippen molar-refractivity contribution in [2.45, 2.75) is 12.5 Å². The molecule has 0 aliphatic carbocycles. The second kappa shape index (κ2) is 13.9. The van der Waals surface area contributed by atoms with E-state index in [1.54, 1.807) is 0 Å². The SMILES string of the molecule is CC(O)(c1c(-c2ccccc2)cc(-c2ccccc2)cc1-c1ccccc1)c1c(-c2ccccc2)cc(-c2ccccc2)cc1-c1ccccc1. The average Bonchev–Trinajstić information content (AvgIpc) is 3.22. The van der Waals surface area contributed by atoms with Crippen LogP contribution < -0.4 is 0 Å². The molecule has 0 saturated carbocycles. The van der Waals surface area contributed by atoms with Crippen LogP contribution in [0, 0.1) is 0 Å². The van der Waals surface area contributed by atoms with Gasteiger partial charge in [-0.25, -0.2) is 0 Å². The highest BCUT2D eigenvalue weighted by molar-refractivity contribution is 5.91. The Kier molecular flexibility index (Phi) is 8.72. The van der Waals surface area contributed by atoms with Crippen LogP contribution in [-0.2, 0) is 5.60 Å². The summed E-state index contributed by atoms with van der Waals surface area (Å²) in [5, 5.41) is 13.7. The van der Waals surface area contributed by atoms with Crippen molar-refractivity contribution >= 4 is 0 Å². The number of benzene rings is 8. The van der Waals surface area contributed by atoms with Gasteiger partial charge >= 0.3 is 0 Å². The van der Waals surface area contributed by atoms with Crippen LogP contribution in [0.1, 0.15) is 18.1 Å². The van der Waals surface area contributed by atoms with Gasteiger partial charge in [0.1, 0.15) is 5.60 Å². The molecule has 1 nitrogen and oxygen atoms in total. The summed E-state index contributed by atoms with van der Waals surface area (Å²) < 4.78 is 0. The Morgan fingerprint density at radius 1 is 0.275 bits per heavy atom. The lowest BCUT2D eigenvalue weighted by atomic mass is 9.73. The van der Waals surface area contributed by atoms with Gasteiger partial charge in [-0.3, -0.25) is 0 Å². The fourth-order valence-corrected chi connectivity index (χ4v) is 7.43. The molecule has 0 aliphatic heterocycles. The zero-order valence-corrected chi connectivity index (χ0v) is 28.6. The van der Waals surface area contributed by atoms with Crippen molar-refractivity contribution in [3.05, 3.63) is 217 Å². The van der Waals surface area contributed by atoms with Crippen molar-refractivity contribution in [2.24, 2.45) is 0 Å². The third-order valence-electron chi connectivity index (χ3n) is 9.80. The fourth-order valence-electron chi connectivity index (χ4n) is 7.43. The van der Waals surface area contributed by atoms with Crippen LogP contribution in [0.3, 0.4) is 0 Å².